The summed E-state index contributed by atoms with van der Waals surface area (Å²) in [5.41, 5.74) is 0.389. The summed E-state index contributed by atoms with van der Waals surface area (Å²) < 4.78 is 19.5. The van der Waals surface area contributed by atoms with Crippen molar-refractivity contribution in [2.45, 2.75) is 18.9 Å². The number of carbonyl (C=O) groups excluding carboxylic acids is 2. The Kier molecular flexibility index (Phi) is 5.76. The number of nitrogens with zero attached hydrogens (tertiary/aromatic N) is 2. The quantitative estimate of drug-likeness (QED) is 0.761. The van der Waals surface area contributed by atoms with Gasteiger partial charge in [-0.15, -0.1) is 0 Å². The van der Waals surface area contributed by atoms with Gasteiger partial charge in [0.2, 0.25) is 11.8 Å². The molecule has 4 rings (SSSR count). The number of amides is 2. The van der Waals surface area contributed by atoms with Crippen molar-refractivity contribution in [3.8, 4) is 11.3 Å². The van der Waals surface area contributed by atoms with Crippen LogP contribution in [0.25, 0.3) is 17.4 Å². The molecule has 1 aliphatic carbocycles. The fraction of sp³-hybridized carbons (Fsp3) is 0.364. The van der Waals surface area contributed by atoms with Crippen LogP contribution in [-0.4, -0.2) is 60.4 Å². The molecule has 7 heteroatoms. The minimum Gasteiger partial charge on any atom is -0.457 e. The van der Waals surface area contributed by atoms with Gasteiger partial charge < -0.3 is 14.6 Å². The van der Waals surface area contributed by atoms with Gasteiger partial charge in [-0.2, -0.15) is 0 Å². The Morgan fingerprint density at radius 3 is 2.59 bits per heavy atom. The lowest BCUT2D eigenvalue weighted by Crippen LogP contribution is -2.50. The van der Waals surface area contributed by atoms with Crippen molar-refractivity contribution in [2.24, 2.45) is 0 Å². The summed E-state index contributed by atoms with van der Waals surface area (Å²) in [4.78, 5) is 28.1. The number of furan rings is 1. The average molecular weight is 397 g/mol. The molecule has 1 aromatic heterocycles. The first-order valence-electron chi connectivity index (χ1n) is 9.92. The minimum absolute atomic E-state index is 0.0654. The molecule has 2 aliphatic rings. The zero-order valence-corrected chi connectivity index (χ0v) is 16.1. The first-order valence-corrected chi connectivity index (χ1v) is 9.92. The summed E-state index contributed by atoms with van der Waals surface area (Å²) in [5.74, 6) is 0.531. The molecule has 2 heterocycles. The zero-order valence-electron chi connectivity index (χ0n) is 16.1. The Labute approximate surface area is 169 Å². The van der Waals surface area contributed by atoms with E-state index >= 15 is 0 Å². The van der Waals surface area contributed by atoms with Gasteiger partial charge in [0.1, 0.15) is 17.3 Å². The molecule has 0 spiro atoms. The summed E-state index contributed by atoms with van der Waals surface area (Å²) in [6, 6.07) is 10.2. The van der Waals surface area contributed by atoms with Crippen LogP contribution in [0.1, 0.15) is 18.6 Å². The van der Waals surface area contributed by atoms with E-state index in [0.717, 1.165) is 12.8 Å². The number of rotatable bonds is 6. The van der Waals surface area contributed by atoms with Crippen molar-refractivity contribution in [1.82, 2.24) is 15.1 Å². The smallest absolute Gasteiger partial charge is 0.246 e. The number of hydrogen-bond acceptors (Lipinski definition) is 4. The molecule has 1 aromatic carbocycles. The first kappa shape index (κ1) is 19.4. The molecule has 2 fully saturated rings. The third kappa shape index (κ3) is 5.12. The van der Waals surface area contributed by atoms with Crippen molar-refractivity contribution >= 4 is 17.9 Å². The van der Waals surface area contributed by atoms with Crippen LogP contribution < -0.4 is 5.32 Å². The molecule has 0 unspecified atom stereocenters. The number of benzene rings is 1. The Balaban J connectivity index is 1.27. The minimum atomic E-state index is -0.350. The molecule has 0 bridgehead atoms. The normalized spacial score (nSPS) is 17.6. The Morgan fingerprint density at radius 1 is 1.10 bits per heavy atom. The highest BCUT2D eigenvalue weighted by atomic mass is 19.1. The summed E-state index contributed by atoms with van der Waals surface area (Å²) in [5, 5.41) is 2.98. The van der Waals surface area contributed by atoms with Gasteiger partial charge in [0, 0.05) is 38.3 Å². The van der Waals surface area contributed by atoms with Gasteiger partial charge in [-0.25, -0.2) is 4.39 Å². The van der Waals surface area contributed by atoms with E-state index in [2.05, 4.69) is 10.2 Å². The number of carbonyl (C=O) groups is 2. The molecule has 2 amide bonds. The van der Waals surface area contributed by atoms with Gasteiger partial charge >= 0.3 is 0 Å². The summed E-state index contributed by atoms with van der Waals surface area (Å²) >= 11 is 0. The van der Waals surface area contributed by atoms with E-state index in [0.29, 0.717) is 55.8 Å². The van der Waals surface area contributed by atoms with E-state index in [-0.39, 0.29) is 17.6 Å². The molecule has 1 aliphatic heterocycles. The monoisotopic (exact) mass is 397 g/mol. The second-order valence-electron chi connectivity index (χ2n) is 7.46. The topological polar surface area (TPSA) is 65.8 Å². The van der Waals surface area contributed by atoms with Crippen molar-refractivity contribution in [3.05, 3.63) is 54.1 Å². The molecule has 0 radical (unpaired) electrons. The van der Waals surface area contributed by atoms with E-state index in [1.54, 1.807) is 41.3 Å². The standard InChI is InChI=1S/C22H24FN3O3/c23-19-4-2-1-3-18(19)20-9-7-17(29-20)8-10-22(28)26-13-11-25(12-14-26)15-21(27)24-16-5-6-16/h1-4,7-10,16H,5-6,11-15H2,(H,24,27). The van der Waals surface area contributed by atoms with E-state index in [9.17, 15) is 14.0 Å². The highest BCUT2D eigenvalue weighted by Crippen LogP contribution is 2.25. The molecule has 1 saturated carbocycles. The van der Waals surface area contributed by atoms with Gasteiger partial charge in [-0.05, 0) is 43.2 Å². The van der Waals surface area contributed by atoms with Crippen LogP contribution >= 0.6 is 0 Å². The lowest BCUT2D eigenvalue weighted by atomic mass is 10.1. The molecule has 152 valence electrons. The SMILES string of the molecule is O=C(CN1CCN(C(=O)C=Cc2ccc(-c3ccccc3F)o2)CC1)NC1CC1. The summed E-state index contributed by atoms with van der Waals surface area (Å²) in [6.45, 7) is 2.91. The van der Waals surface area contributed by atoms with E-state index in [4.69, 9.17) is 4.42 Å². The third-order valence-electron chi connectivity index (χ3n) is 5.15. The number of halogens is 1. The van der Waals surface area contributed by atoms with Crippen LogP contribution in [0.3, 0.4) is 0 Å². The first-order chi connectivity index (χ1) is 14.1. The number of piperazine rings is 1. The second-order valence-corrected chi connectivity index (χ2v) is 7.46. The lowest BCUT2D eigenvalue weighted by Gasteiger charge is -2.33. The van der Waals surface area contributed by atoms with Crippen LogP contribution in [0.5, 0.6) is 0 Å². The average Bonchev–Trinajstić information content (AvgIpc) is 3.40. The molecule has 1 N–H and O–H groups in total. The molecule has 6 nitrogen and oxygen atoms in total. The van der Waals surface area contributed by atoms with Crippen molar-refractivity contribution < 1.29 is 18.4 Å². The van der Waals surface area contributed by atoms with Crippen LogP contribution in [0.4, 0.5) is 4.39 Å². The van der Waals surface area contributed by atoms with E-state index in [1.807, 2.05) is 0 Å². The van der Waals surface area contributed by atoms with Crippen molar-refractivity contribution in [3.63, 3.8) is 0 Å². The predicted molar refractivity (Wildman–Crippen MR) is 107 cm³/mol. The molecular weight excluding hydrogens is 373 g/mol. The Hall–Kier alpha value is -2.93. The van der Waals surface area contributed by atoms with Gasteiger partial charge in [0.25, 0.3) is 0 Å². The largest absolute Gasteiger partial charge is 0.457 e. The van der Waals surface area contributed by atoms with Gasteiger partial charge in [-0.3, -0.25) is 14.5 Å². The van der Waals surface area contributed by atoms with E-state index < -0.39 is 0 Å². The predicted octanol–water partition coefficient (Wildman–Crippen LogP) is 2.52. The van der Waals surface area contributed by atoms with Gasteiger partial charge in [-0.1, -0.05) is 12.1 Å². The van der Waals surface area contributed by atoms with Gasteiger partial charge in [0.05, 0.1) is 12.1 Å². The maximum Gasteiger partial charge on any atom is 0.246 e. The Bertz CT molecular complexity index is 912. The number of nitrogens with one attached hydrogen (secondary N) is 1. The van der Waals surface area contributed by atoms with Crippen LogP contribution in [0, 0.1) is 5.82 Å². The van der Waals surface area contributed by atoms with E-state index in [1.165, 1.54) is 12.1 Å². The molecular formula is C22H24FN3O3. The molecule has 1 saturated heterocycles. The molecule has 29 heavy (non-hydrogen) atoms. The maximum absolute atomic E-state index is 13.8. The summed E-state index contributed by atoms with van der Waals surface area (Å²) in [6.07, 6.45) is 5.23. The van der Waals surface area contributed by atoms with Crippen molar-refractivity contribution in [1.29, 1.82) is 0 Å². The van der Waals surface area contributed by atoms with Crippen molar-refractivity contribution in [2.75, 3.05) is 32.7 Å². The lowest BCUT2D eigenvalue weighted by molar-refractivity contribution is -0.128. The highest BCUT2D eigenvalue weighted by Gasteiger charge is 2.25. The third-order valence-corrected chi connectivity index (χ3v) is 5.15. The maximum atomic E-state index is 13.8. The van der Waals surface area contributed by atoms with Gasteiger partial charge in [0.15, 0.2) is 0 Å². The molecule has 2 aromatic rings. The summed E-state index contributed by atoms with van der Waals surface area (Å²) in [7, 11) is 0. The molecule has 0 atom stereocenters. The zero-order chi connectivity index (χ0) is 20.2. The second kappa shape index (κ2) is 8.61. The Morgan fingerprint density at radius 2 is 1.86 bits per heavy atom. The van der Waals surface area contributed by atoms with Crippen LogP contribution in [-0.2, 0) is 9.59 Å². The fourth-order valence-corrected chi connectivity index (χ4v) is 3.34. The highest BCUT2D eigenvalue weighted by molar-refractivity contribution is 5.91. The number of hydrogen-bond donors (Lipinski definition) is 1. The van der Waals surface area contributed by atoms with Crippen LogP contribution in [0.2, 0.25) is 0 Å². The van der Waals surface area contributed by atoms with Crippen LogP contribution in [0.15, 0.2) is 46.9 Å². The fourth-order valence-electron chi connectivity index (χ4n) is 3.34.